The molecule has 0 bridgehead atoms. The first kappa shape index (κ1) is 20.7. The van der Waals surface area contributed by atoms with Crippen molar-refractivity contribution >= 4 is 16.9 Å². The van der Waals surface area contributed by atoms with Gasteiger partial charge in [-0.15, -0.1) is 5.11 Å². The van der Waals surface area contributed by atoms with E-state index in [1.54, 1.807) is 23.9 Å². The van der Waals surface area contributed by atoms with E-state index >= 15 is 0 Å². The summed E-state index contributed by atoms with van der Waals surface area (Å²) in [5.41, 5.74) is 5.45. The van der Waals surface area contributed by atoms with Gasteiger partial charge in [-0.25, -0.2) is 10.5 Å². The normalized spacial score (nSPS) is 15.9. The maximum Gasteiger partial charge on any atom is 0.247 e. The number of benzene rings is 1. The fourth-order valence-corrected chi connectivity index (χ4v) is 3.79. The molecule has 2 aromatic heterocycles. The second kappa shape index (κ2) is 9.05. The summed E-state index contributed by atoms with van der Waals surface area (Å²) in [5, 5.41) is 19.2. The first-order valence-electron chi connectivity index (χ1n) is 10.2. The quantitative estimate of drug-likeness (QED) is 0.449. The Kier molecular flexibility index (Phi) is 6.03. The van der Waals surface area contributed by atoms with Crippen LogP contribution in [0.1, 0.15) is 37.7 Å². The molecule has 1 atom stereocenters. The van der Waals surface area contributed by atoms with Gasteiger partial charge in [0.05, 0.1) is 23.3 Å². The van der Waals surface area contributed by atoms with Gasteiger partial charge in [-0.05, 0) is 41.8 Å². The zero-order valence-electron chi connectivity index (χ0n) is 17.5. The van der Waals surface area contributed by atoms with Gasteiger partial charge in [0.1, 0.15) is 11.9 Å². The van der Waals surface area contributed by atoms with Gasteiger partial charge in [0, 0.05) is 25.4 Å². The van der Waals surface area contributed by atoms with Crippen LogP contribution in [-0.4, -0.2) is 37.2 Å². The standard InChI is InChI=1S/C22H25N7O2/c1-15(2)21(29-14-17(25-27-29)7-8-20(30)26-31)22-24-18-5-3-4-6-19(18)28(22)13-16-9-11-23-12-10-16/h3-7,9-12,15,21,31H,8,13-14H2,1-2H3,(H,26,30)/b17-7-. The number of pyridine rings is 1. The van der Waals surface area contributed by atoms with Gasteiger partial charge in [-0.2, -0.15) is 0 Å². The van der Waals surface area contributed by atoms with Crippen molar-refractivity contribution in [1.29, 1.82) is 0 Å². The molecule has 1 aromatic carbocycles. The van der Waals surface area contributed by atoms with E-state index in [9.17, 15) is 4.79 Å². The van der Waals surface area contributed by atoms with Crippen LogP contribution in [0.3, 0.4) is 0 Å². The summed E-state index contributed by atoms with van der Waals surface area (Å²) < 4.78 is 2.23. The molecule has 0 aliphatic carbocycles. The first-order chi connectivity index (χ1) is 15.1. The van der Waals surface area contributed by atoms with E-state index in [2.05, 4.69) is 39.8 Å². The number of nitrogens with zero attached hydrogens (tertiary/aromatic N) is 6. The van der Waals surface area contributed by atoms with Gasteiger partial charge in [0.15, 0.2) is 0 Å². The monoisotopic (exact) mass is 419 g/mol. The Labute approximate surface area is 180 Å². The van der Waals surface area contributed by atoms with E-state index in [0.29, 0.717) is 18.8 Å². The number of fused-ring (bicyclic) bond motifs is 1. The third-order valence-electron chi connectivity index (χ3n) is 5.25. The predicted molar refractivity (Wildman–Crippen MR) is 115 cm³/mol. The fourth-order valence-electron chi connectivity index (χ4n) is 3.79. The van der Waals surface area contributed by atoms with Gasteiger partial charge in [0.25, 0.3) is 0 Å². The summed E-state index contributed by atoms with van der Waals surface area (Å²) >= 11 is 0. The first-order valence-corrected chi connectivity index (χ1v) is 10.2. The average Bonchev–Trinajstić information content (AvgIpc) is 3.38. The highest BCUT2D eigenvalue weighted by Crippen LogP contribution is 2.34. The Bertz CT molecular complexity index is 1120. The lowest BCUT2D eigenvalue weighted by molar-refractivity contribution is -0.128. The van der Waals surface area contributed by atoms with Gasteiger partial charge in [-0.1, -0.05) is 31.2 Å². The molecule has 0 fully saturated rings. The minimum atomic E-state index is -0.485. The summed E-state index contributed by atoms with van der Waals surface area (Å²) in [6.45, 7) is 5.42. The van der Waals surface area contributed by atoms with Crippen LogP contribution in [0.15, 0.2) is 70.9 Å². The van der Waals surface area contributed by atoms with Gasteiger partial charge in [0.2, 0.25) is 5.91 Å². The van der Waals surface area contributed by atoms with Crippen LogP contribution < -0.4 is 5.48 Å². The highest BCUT2D eigenvalue weighted by atomic mass is 16.5. The third kappa shape index (κ3) is 4.46. The van der Waals surface area contributed by atoms with E-state index in [1.807, 2.05) is 35.3 Å². The molecule has 9 heteroatoms. The van der Waals surface area contributed by atoms with Crippen LogP contribution in [0.4, 0.5) is 0 Å². The molecular formula is C22H25N7O2. The molecule has 0 saturated heterocycles. The Morgan fingerprint density at radius 1 is 1.23 bits per heavy atom. The Hall–Kier alpha value is -3.59. The van der Waals surface area contributed by atoms with Gasteiger partial charge in [-0.3, -0.25) is 20.0 Å². The van der Waals surface area contributed by atoms with Gasteiger partial charge < -0.3 is 4.57 Å². The predicted octanol–water partition coefficient (Wildman–Crippen LogP) is 3.64. The van der Waals surface area contributed by atoms with Crippen molar-refractivity contribution in [3.63, 3.8) is 0 Å². The lowest BCUT2D eigenvalue weighted by atomic mass is 10.0. The maximum atomic E-state index is 11.3. The van der Waals surface area contributed by atoms with E-state index in [4.69, 9.17) is 10.2 Å². The van der Waals surface area contributed by atoms with Crippen LogP contribution in [0, 0.1) is 5.92 Å². The molecule has 0 saturated carbocycles. The largest absolute Gasteiger partial charge is 0.322 e. The minimum absolute atomic E-state index is 0.0472. The average molecular weight is 419 g/mol. The summed E-state index contributed by atoms with van der Waals surface area (Å²) in [6, 6.07) is 12.0. The summed E-state index contributed by atoms with van der Waals surface area (Å²) in [5.74, 6) is 0.647. The smallest absolute Gasteiger partial charge is 0.247 e. The summed E-state index contributed by atoms with van der Waals surface area (Å²) in [6.07, 6.45) is 5.31. The van der Waals surface area contributed by atoms with Crippen molar-refractivity contribution in [3.8, 4) is 0 Å². The van der Waals surface area contributed by atoms with Crippen molar-refractivity contribution in [1.82, 2.24) is 25.0 Å². The van der Waals surface area contributed by atoms with E-state index < -0.39 is 5.91 Å². The number of aromatic nitrogens is 3. The summed E-state index contributed by atoms with van der Waals surface area (Å²) in [7, 11) is 0. The molecule has 2 N–H and O–H groups in total. The molecule has 4 rings (SSSR count). The molecule has 1 amide bonds. The number of carbonyl (C=O) groups excluding carboxylic acids is 1. The number of hydrogen-bond acceptors (Lipinski definition) is 7. The highest BCUT2D eigenvalue weighted by Gasteiger charge is 2.31. The molecule has 1 aliphatic rings. The van der Waals surface area contributed by atoms with Crippen molar-refractivity contribution in [3.05, 3.63) is 72.0 Å². The lowest BCUT2D eigenvalue weighted by Gasteiger charge is -2.28. The third-order valence-corrected chi connectivity index (χ3v) is 5.25. The molecule has 0 radical (unpaired) electrons. The maximum absolute atomic E-state index is 11.3. The Morgan fingerprint density at radius 3 is 2.74 bits per heavy atom. The van der Waals surface area contributed by atoms with Crippen molar-refractivity contribution in [2.75, 3.05) is 6.54 Å². The van der Waals surface area contributed by atoms with Crippen LogP contribution >= 0.6 is 0 Å². The molecule has 3 aromatic rings. The van der Waals surface area contributed by atoms with Crippen LogP contribution in [0.25, 0.3) is 11.0 Å². The number of nitrogens with one attached hydrogen (secondary N) is 1. The molecule has 1 unspecified atom stereocenters. The SMILES string of the molecule is CC(C)C(c1nc2ccccc2n1Cc1ccncc1)N1C/C(=C/CC(=O)NO)N=N1. The van der Waals surface area contributed by atoms with Crippen LogP contribution in [-0.2, 0) is 11.3 Å². The number of para-hydroxylation sites is 2. The number of hydroxylamine groups is 1. The second-order valence-electron chi connectivity index (χ2n) is 7.81. The number of amides is 1. The van der Waals surface area contributed by atoms with E-state index in [1.165, 1.54) is 0 Å². The number of imidazole rings is 1. The fraction of sp³-hybridized carbons (Fsp3) is 0.318. The van der Waals surface area contributed by atoms with Gasteiger partial charge >= 0.3 is 0 Å². The molecule has 1 aliphatic heterocycles. The van der Waals surface area contributed by atoms with Crippen LogP contribution in [0.5, 0.6) is 0 Å². The topological polar surface area (TPSA) is 108 Å². The molecule has 9 nitrogen and oxygen atoms in total. The Morgan fingerprint density at radius 2 is 2.00 bits per heavy atom. The highest BCUT2D eigenvalue weighted by molar-refractivity contribution is 5.76. The molecule has 31 heavy (non-hydrogen) atoms. The second-order valence-corrected chi connectivity index (χ2v) is 7.81. The van der Waals surface area contributed by atoms with E-state index in [0.717, 1.165) is 22.4 Å². The zero-order chi connectivity index (χ0) is 21.8. The van der Waals surface area contributed by atoms with Crippen molar-refractivity contribution < 1.29 is 10.0 Å². The van der Waals surface area contributed by atoms with Crippen LogP contribution in [0.2, 0.25) is 0 Å². The molecule has 160 valence electrons. The van der Waals surface area contributed by atoms with E-state index in [-0.39, 0.29) is 18.4 Å². The summed E-state index contributed by atoms with van der Waals surface area (Å²) in [4.78, 5) is 20.4. The lowest BCUT2D eigenvalue weighted by Crippen LogP contribution is -2.29. The van der Waals surface area contributed by atoms with Crippen molar-refractivity contribution in [2.45, 2.75) is 32.9 Å². The van der Waals surface area contributed by atoms with Crippen molar-refractivity contribution in [2.24, 2.45) is 16.3 Å². The molecular weight excluding hydrogens is 394 g/mol. The zero-order valence-corrected chi connectivity index (χ0v) is 17.5. The molecule has 0 spiro atoms. The number of hydrogen-bond donors (Lipinski definition) is 2. The minimum Gasteiger partial charge on any atom is -0.322 e. The Balaban J connectivity index is 1.69. The molecule has 3 heterocycles. The number of carbonyl (C=O) groups is 1. The number of rotatable bonds is 7.